The van der Waals surface area contributed by atoms with Gasteiger partial charge in [-0.05, 0) is 12.8 Å². The van der Waals surface area contributed by atoms with E-state index in [0.717, 1.165) is 0 Å². The molecule has 0 aromatic carbocycles. The van der Waals surface area contributed by atoms with Gasteiger partial charge in [-0.15, -0.1) is 0 Å². The number of ether oxygens (including phenoxy) is 1. The summed E-state index contributed by atoms with van der Waals surface area (Å²) in [6, 6.07) is 0. The molecular weight excluding hydrogens is 144 g/mol. The molecule has 0 aliphatic heterocycles. The average molecular weight is 158 g/mol. The van der Waals surface area contributed by atoms with E-state index in [0.29, 0.717) is 6.10 Å². The van der Waals surface area contributed by atoms with Crippen LogP contribution in [-0.4, -0.2) is 19.4 Å². The van der Waals surface area contributed by atoms with Gasteiger partial charge >= 0.3 is 6.15 Å². The summed E-state index contributed by atoms with van der Waals surface area (Å²) in [7, 11) is 1.82. The molecule has 0 atom stereocenters. The zero-order valence-corrected chi connectivity index (χ0v) is 6.84. The Morgan fingerprint density at radius 1 is 1.18 bits per heavy atom. The lowest BCUT2D eigenvalue weighted by atomic mass is 9.98. The van der Waals surface area contributed by atoms with Crippen molar-refractivity contribution in [3.05, 3.63) is 0 Å². The molecule has 1 rings (SSSR count). The molecule has 1 aliphatic carbocycles. The van der Waals surface area contributed by atoms with Gasteiger partial charge in [-0.3, -0.25) is 0 Å². The van der Waals surface area contributed by atoms with E-state index in [-0.39, 0.29) is 6.15 Å². The zero-order valence-electron chi connectivity index (χ0n) is 6.84. The Morgan fingerprint density at radius 2 is 1.64 bits per heavy atom. The second-order valence-corrected chi connectivity index (χ2v) is 2.58. The van der Waals surface area contributed by atoms with E-state index in [2.05, 4.69) is 0 Å². The Labute approximate surface area is 66.7 Å². The summed E-state index contributed by atoms with van der Waals surface area (Å²) < 4.78 is 5.19. The molecule has 0 aromatic heterocycles. The summed E-state index contributed by atoms with van der Waals surface area (Å²) in [6.07, 6.45) is 7.58. The first-order valence-corrected chi connectivity index (χ1v) is 3.87. The Bertz CT molecular complexity index is 111. The minimum Gasteiger partial charge on any atom is -0.381 e. The highest BCUT2D eigenvalue weighted by atomic mass is 16.5. The van der Waals surface area contributed by atoms with E-state index < -0.39 is 0 Å². The maximum Gasteiger partial charge on any atom is 0.373 e. The monoisotopic (exact) mass is 158 g/mol. The molecule has 0 spiro atoms. The molecule has 0 unspecified atom stereocenters. The van der Waals surface area contributed by atoms with E-state index in [4.69, 9.17) is 14.3 Å². The molecule has 3 nitrogen and oxygen atoms in total. The van der Waals surface area contributed by atoms with Crippen LogP contribution in [0.2, 0.25) is 0 Å². The molecule has 64 valence electrons. The minimum absolute atomic E-state index is 0.250. The molecule has 0 N–H and O–H groups in total. The number of rotatable bonds is 1. The van der Waals surface area contributed by atoms with Crippen molar-refractivity contribution >= 4 is 6.15 Å². The SMILES string of the molecule is COC1CCCCC1.O=C=O. The van der Waals surface area contributed by atoms with Crippen LogP contribution in [0.3, 0.4) is 0 Å². The van der Waals surface area contributed by atoms with Crippen LogP contribution in [0.5, 0.6) is 0 Å². The van der Waals surface area contributed by atoms with Gasteiger partial charge in [-0.25, -0.2) is 0 Å². The van der Waals surface area contributed by atoms with Gasteiger partial charge in [0.15, 0.2) is 0 Å². The van der Waals surface area contributed by atoms with Crippen molar-refractivity contribution in [2.24, 2.45) is 0 Å². The lowest BCUT2D eigenvalue weighted by Gasteiger charge is -2.19. The van der Waals surface area contributed by atoms with Crippen molar-refractivity contribution < 1.29 is 14.3 Å². The highest BCUT2D eigenvalue weighted by Gasteiger charge is 2.10. The molecule has 3 heteroatoms. The van der Waals surface area contributed by atoms with Gasteiger partial charge in [0, 0.05) is 7.11 Å². The first-order valence-electron chi connectivity index (χ1n) is 3.87. The van der Waals surface area contributed by atoms with Crippen LogP contribution < -0.4 is 0 Å². The first kappa shape index (κ1) is 10.3. The summed E-state index contributed by atoms with van der Waals surface area (Å²) >= 11 is 0. The molecule has 0 amide bonds. The Balaban J connectivity index is 0.000000292. The lowest BCUT2D eigenvalue weighted by Crippen LogP contribution is -2.13. The quantitative estimate of drug-likeness (QED) is 0.579. The number of hydrogen-bond acceptors (Lipinski definition) is 3. The normalized spacial score (nSPS) is 17.9. The summed E-state index contributed by atoms with van der Waals surface area (Å²) in [5, 5.41) is 0. The van der Waals surface area contributed by atoms with Crippen molar-refractivity contribution in [1.29, 1.82) is 0 Å². The largest absolute Gasteiger partial charge is 0.381 e. The summed E-state index contributed by atoms with van der Waals surface area (Å²) in [5.41, 5.74) is 0. The van der Waals surface area contributed by atoms with Crippen LogP contribution in [0.1, 0.15) is 32.1 Å². The Kier molecular flexibility index (Phi) is 7.00. The molecular formula is C8H14O3. The minimum atomic E-state index is 0.250. The Morgan fingerprint density at radius 3 is 1.91 bits per heavy atom. The molecule has 0 heterocycles. The van der Waals surface area contributed by atoms with Crippen molar-refractivity contribution in [3.63, 3.8) is 0 Å². The molecule has 1 saturated carbocycles. The summed E-state index contributed by atoms with van der Waals surface area (Å²) in [5.74, 6) is 0. The fourth-order valence-electron chi connectivity index (χ4n) is 1.30. The maximum atomic E-state index is 8.12. The predicted molar refractivity (Wildman–Crippen MR) is 38.9 cm³/mol. The van der Waals surface area contributed by atoms with Gasteiger partial charge < -0.3 is 4.74 Å². The zero-order chi connectivity index (χ0) is 8.53. The molecule has 11 heavy (non-hydrogen) atoms. The third-order valence-electron chi connectivity index (χ3n) is 1.89. The van der Waals surface area contributed by atoms with Crippen molar-refractivity contribution in [2.75, 3.05) is 7.11 Å². The van der Waals surface area contributed by atoms with Gasteiger partial charge in [-0.2, -0.15) is 9.59 Å². The number of carbonyl (C=O) groups excluding carboxylic acids is 2. The third kappa shape index (κ3) is 5.77. The average Bonchev–Trinajstić information content (AvgIpc) is 2.08. The fraction of sp³-hybridized carbons (Fsp3) is 0.875. The van der Waals surface area contributed by atoms with Crippen LogP contribution in [0.25, 0.3) is 0 Å². The molecule has 0 saturated heterocycles. The number of methoxy groups -OCH3 is 1. The topological polar surface area (TPSA) is 43.4 Å². The second-order valence-electron chi connectivity index (χ2n) is 2.58. The van der Waals surface area contributed by atoms with Crippen LogP contribution in [-0.2, 0) is 14.3 Å². The van der Waals surface area contributed by atoms with Gasteiger partial charge in [0.1, 0.15) is 0 Å². The van der Waals surface area contributed by atoms with Crippen molar-refractivity contribution in [1.82, 2.24) is 0 Å². The molecule has 0 aromatic rings. The van der Waals surface area contributed by atoms with Crippen LogP contribution >= 0.6 is 0 Å². The Hall–Kier alpha value is -0.660. The van der Waals surface area contributed by atoms with Crippen molar-refractivity contribution in [3.8, 4) is 0 Å². The van der Waals surface area contributed by atoms with E-state index >= 15 is 0 Å². The highest BCUT2D eigenvalue weighted by molar-refractivity contribution is 5.20. The molecule has 1 fully saturated rings. The predicted octanol–water partition coefficient (Wildman–Crippen LogP) is 1.38. The van der Waals surface area contributed by atoms with Gasteiger partial charge in [0.2, 0.25) is 0 Å². The standard InChI is InChI=1S/C7H14O.CO2/c1-8-7-5-3-2-4-6-7;2-1-3/h7H,2-6H2,1H3;. The number of hydrogen-bond donors (Lipinski definition) is 0. The van der Waals surface area contributed by atoms with Gasteiger partial charge in [0.05, 0.1) is 6.10 Å². The van der Waals surface area contributed by atoms with Crippen LogP contribution in [0, 0.1) is 0 Å². The summed E-state index contributed by atoms with van der Waals surface area (Å²) in [6.45, 7) is 0. The van der Waals surface area contributed by atoms with Gasteiger partial charge in [-0.1, -0.05) is 19.3 Å². The van der Waals surface area contributed by atoms with Crippen LogP contribution in [0.4, 0.5) is 0 Å². The molecule has 0 radical (unpaired) electrons. The highest BCUT2D eigenvalue weighted by Crippen LogP contribution is 2.18. The molecule has 1 aliphatic rings. The second kappa shape index (κ2) is 7.45. The van der Waals surface area contributed by atoms with E-state index in [1.165, 1.54) is 32.1 Å². The van der Waals surface area contributed by atoms with Crippen LogP contribution in [0.15, 0.2) is 0 Å². The van der Waals surface area contributed by atoms with E-state index in [1.54, 1.807) is 0 Å². The maximum absolute atomic E-state index is 8.12. The lowest BCUT2D eigenvalue weighted by molar-refractivity contribution is -0.191. The summed E-state index contributed by atoms with van der Waals surface area (Å²) in [4.78, 5) is 16.2. The smallest absolute Gasteiger partial charge is 0.373 e. The van der Waals surface area contributed by atoms with E-state index in [1.807, 2.05) is 7.11 Å². The van der Waals surface area contributed by atoms with E-state index in [9.17, 15) is 0 Å². The van der Waals surface area contributed by atoms with Crippen molar-refractivity contribution in [2.45, 2.75) is 38.2 Å². The first-order chi connectivity index (χ1) is 5.35. The fourth-order valence-corrected chi connectivity index (χ4v) is 1.30. The molecule has 0 bridgehead atoms. The third-order valence-corrected chi connectivity index (χ3v) is 1.89. The van der Waals surface area contributed by atoms with Gasteiger partial charge in [0.25, 0.3) is 0 Å².